The molecule has 1 rings (SSSR count). The molecular weight excluding hydrogens is 136 g/mol. The highest BCUT2D eigenvalue weighted by Crippen LogP contribution is 2.11. The summed E-state index contributed by atoms with van der Waals surface area (Å²) in [6.07, 6.45) is 5.59. The van der Waals surface area contributed by atoms with Gasteiger partial charge in [-0.2, -0.15) is 0 Å². The van der Waals surface area contributed by atoms with Crippen molar-refractivity contribution in [3.05, 3.63) is 12.4 Å². The molecule has 1 heterocycles. The van der Waals surface area contributed by atoms with Crippen LogP contribution in [0.15, 0.2) is 12.4 Å². The first kappa shape index (κ1) is 8.44. The van der Waals surface area contributed by atoms with Gasteiger partial charge in [-0.25, -0.2) is 0 Å². The maximum absolute atomic E-state index is 2.38. The predicted octanol–water partition coefficient (Wildman–Crippen LogP) is 1.85. The lowest BCUT2D eigenvalue weighted by Crippen LogP contribution is -2.31. The summed E-state index contributed by atoms with van der Waals surface area (Å²) in [6, 6.07) is 0.683. The zero-order valence-corrected chi connectivity index (χ0v) is 7.75. The van der Waals surface area contributed by atoms with Crippen molar-refractivity contribution in [3.8, 4) is 0 Å². The molecule has 1 unspecified atom stereocenters. The molecule has 1 aliphatic heterocycles. The third-order valence-electron chi connectivity index (χ3n) is 2.38. The van der Waals surface area contributed by atoms with Crippen molar-refractivity contribution < 1.29 is 0 Å². The van der Waals surface area contributed by atoms with Gasteiger partial charge in [-0.3, -0.25) is 0 Å². The van der Waals surface area contributed by atoms with Crippen LogP contribution in [0.2, 0.25) is 0 Å². The number of hydrogen-bond acceptors (Lipinski definition) is 2. The Bertz CT molecular complexity index is 142. The van der Waals surface area contributed by atoms with E-state index in [1.165, 1.54) is 6.42 Å². The molecule has 0 amide bonds. The Labute approximate surface area is 69.5 Å². The monoisotopic (exact) mass is 154 g/mol. The normalized spacial score (nSPS) is 19.5. The topological polar surface area (TPSA) is 6.48 Å². The fourth-order valence-electron chi connectivity index (χ4n) is 1.21. The number of hydrogen-bond donors (Lipinski definition) is 0. The van der Waals surface area contributed by atoms with E-state index < -0.39 is 0 Å². The van der Waals surface area contributed by atoms with Gasteiger partial charge >= 0.3 is 0 Å². The van der Waals surface area contributed by atoms with Crippen LogP contribution in [-0.2, 0) is 0 Å². The Morgan fingerprint density at radius 1 is 1.36 bits per heavy atom. The Morgan fingerprint density at radius 2 is 2.09 bits per heavy atom. The highest BCUT2D eigenvalue weighted by Gasteiger charge is 2.14. The lowest BCUT2D eigenvalue weighted by molar-refractivity contribution is 0.222. The first-order valence-electron chi connectivity index (χ1n) is 4.46. The van der Waals surface area contributed by atoms with Crippen molar-refractivity contribution >= 4 is 0 Å². The largest absolute Gasteiger partial charge is 0.359 e. The summed E-state index contributed by atoms with van der Waals surface area (Å²) < 4.78 is 0. The molecule has 0 aliphatic carbocycles. The minimum absolute atomic E-state index is 0.683. The molecule has 0 aromatic rings. The second-order valence-corrected chi connectivity index (χ2v) is 3.12. The first-order valence-corrected chi connectivity index (χ1v) is 4.46. The summed E-state index contributed by atoms with van der Waals surface area (Å²) in [5.74, 6) is 0. The first-order chi connectivity index (χ1) is 5.27. The average Bonchev–Trinajstić information content (AvgIpc) is 2.50. The molecule has 0 aromatic carbocycles. The van der Waals surface area contributed by atoms with Crippen molar-refractivity contribution in [1.29, 1.82) is 0 Å². The Balaban J connectivity index is 2.36. The van der Waals surface area contributed by atoms with Crippen LogP contribution in [0.25, 0.3) is 0 Å². The lowest BCUT2D eigenvalue weighted by atomic mass is 10.2. The molecule has 0 saturated carbocycles. The average molecular weight is 154 g/mol. The molecule has 0 spiro atoms. The Hall–Kier alpha value is -0.660. The van der Waals surface area contributed by atoms with E-state index in [1.54, 1.807) is 0 Å². The second kappa shape index (κ2) is 3.65. The Kier molecular flexibility index (Phi) is 2.80. The van der Waals surface area contributed by atoms with Gasteiger partial charge in [-0.15, -0.1) is 0 Å². The molecule has 1 atom stereocenters. The van der Waals surface area contributed by atoms with Gasteiger partial charge in [0, 0.05) is 25.0 Å². The van der Waals surface area contributed by atoms with Crippen molar-refractivity contribution in [2.75, 3.05) is 13.2 Å². The fraction of sp³-hybridized carbons (Fsp3) is 0.778. The summed E-state index contributed by atoms with van der Waals surface area (Å²) in [7, 11) is 0. The third kappa shape index (κ3) is 1.88. The third-order valence-corrected chi connectivity index (χ3v) is 2.38. The van der Waals surface area contributed by atoms with Gasteiger partial charge in [0.15, 0.2) is 0 Å². The number of nitrogens with zero attached hydrogens (tertiary/aromatic N) is 2. The SMILES string of the molecule is CCC(C)N1C=CN(CC)C1. The van der Waals surface area contributed by atoms with Crippen molar-refractivity contribution in [2.45, 2.75) is 33.2 Å². The van der Waals surface area contributed by atoms with Gasteiger partial charge in [0.1, 0.15) is 0 Å². The molecular formula is C9H18N2. The molecule has 2 nitrogen and oxygen atoms in total. The van der Waals surface area contributed by atoms with E-state index in [4.69, 9.17) is 0 Å². The van der Waals surface area contributed by atoms with Crippen LogP contribution in [-0.4, -0.2) is 29.1 Å². The van der Waals surface area contributed by atoms with Crippen LogP contribution in [0.5, 0.6) is 0 Å². The predicted molar refractivity (Wildman–Crippen MR) is 48.0 cm³/mol. The van der Waals surface area contributed by atoms with Gasteiger partial charge in [-0.05, 0) is 20.3 Å². The summed E-state index contributed by atoms with van der Waals surface area (Å²) >= 11 is 0. The maximum Gasteiger partial charge on any atom is 0.0896 e. The van der Waals surface area contributed by atoms with E-state index in [0.717, 1.165) is 13.2 Å². The minimum Gasteiger partial charge on any atom is -0.359 e. The molecule has 0 N–H and O–H groups in total. The molecule has 0 radical (unpaired) electrons. The van der Waals surface area contributed by atoms with Gasteiger partial charge in [-0.1, -0.05) is 6.92 Å². The van der Waals surface area contributed by atoms with E-state index in [9.17, 15) is 0 Å². The summed E-state index contributed by atoms with van der Waals surface area (Å²) in [5.41, 5.74) is 0. The van der Waals surface area contributed by atoms with Crippen LogP contribution in [0.3, 0.4) is 0 Å². The quantitative estimate of drug-likeness (QED) is 0.612. The molecule has 0 bridgehead atoms. The zero-order valence-electron chi connectivity index (χ0n) is 7.75. The summed E-state index contributed by atoms with van der Waals surface area (Å²) in [4.78, 5) is 4.69. The van der Waals surface area contributed by atoms with E-state index >= 15 is 0 Å². The van der Waals surface area contributed by atoms with Gasteiger partial charge < -0.3 is 9.80 Å². The molecule has 2 heteroatoms. The van der Waals surface area contributed by atoms with Crippen LogP contribution in [0, 0.1) is 0 Å². The molecule has 0 saturated heterocycles. The highest BCUT2D eigenvalue weighted by atomic mass is 15.3. The van der Waals surface area contributed by atoms with E-state index in [0.29, 0.717) is 6.04 Å². The van der Waals surface area contributed by atoms with Gasteiger partial charge in [0.05, 0.1) is 6.67 Å². The summed E-state index contributed by atoms with van der Waals surface area (Å²) in [5, 5.41) is 0. The molecule has 11 heavy (non-hydrogen) atoms. The van der Waals surface area contributed by atoms with Gasteiger partial charge in [0.2, 0.25) is 0 Å². The molecule has 0 aromatic heterocycles. The van der Waals surface area contributed by atoms with Crippen molar-refractivity contribution in [3.63, 3.8) is 0 Å². The van der Waals surface area contributed by atoms with E-state index in [2.05, 4.69) is 43.0 Å². The van der Waals surface area contributed by atoms with Gasteiger partial charge in [0.25, 0.3) is 0 Å². The van der Waals surface area contributed by atoms with E-state index in [1.807, 2.05) is 0 Å². The fourth-order valence-corrected chi connectivity index (χ4v) is 1.21. The van der Waals surface area contributed by atoms with Crippen LogP contribution in [0.4, 0.5) is 0 Å². The van der Waals surface area contributed by atoms with E-state index in [-0.39, 0.29) is 0 Å². The zero-order chi connectivity index (χ0) is 8.27. The van der Waals surface area contributed by atoms with Crippen molar-refractivity contribution in [1.82, 2.24) is 9.80 Å². The smallest absolute Gasteiger partial charge is 0.0896 e. The molecule has 0 fully saturated rings. The lowest BCUT2D eigenvalue weighted by Gasteiger charge is -2.25. The van der Waals surface area contributed by atoms with Crippen LogP contribution in [0.1, 0.15) is 27.2 Å². The summed E-state index contributed by atoms with van der Waals surface area (Å²) in [6.45, 7) is 8.87. The molecule has 64 valence electrons. The van der Waals surface area contributed by atoms with Crippen LogP contribution < -0.4 is 0 Å². The van der Waals surface area contributed by atoms with Crippen LogP contribution >= 0.6 is 0 Å². The maximum atomic E-state index is 2.38. The number of rotatable bonds is 3. The molecule has 1 aliphatic rings. The highest BCUT2D eigenvalue weighted by molar-refractivity contribution is 4.91. The Morgan fingerprint density at radius 3 is 2.55 bits per heavy atom. The minimum atomic E-state index is 0.683. The standard InChI is InChI=1S/C9H18N2/c1-4-9(3)11-7-6-10(5-2)8-11/h6-7,9H,4-5,8H2,1-3H3. The second-order valence-electron chi connectivity index (χ2n) is 3.12. The van der Waals surface area contributed by atoms with Crippen molar-refractivity contribution in [2.24, 2.45) is 0 Å².